The van der Waals surface area contributed by atoms with Crippen molar-refractivity contribution >= 4 is 28.1 Å². The van der Waals surface area contributed by atoms with E-state index in [1.807, 2.05) is 6.07 Å². The molecule has 0 fully saturated rings. The van der Waals surface area contributed by atoms with E-state index in [1.165, 1.54) is 24.1 Å². The van der Waals surface area contributed by atoms with Crippen molar-refractivity contribution in [1.29, 1.82) is 0 Å². The van der Waals surface area contributed by atoms with Crippen LogP contribution in [0.3, 0.4) is 0 Å². The van der Waals surface area contributed by atoms with E-state index in [1.54, 1.807) is 19.1 Å². The van der Waals surface area contributed by atoms with Crippen molar-refractivity contribution in [2.45, 2.75) is 78.2 Å². The maximum absolute atomic E-state index is 14.2. The van der Waals surface area contributed by atoms with Crippen molar-refractivity contribution in [3.8, 4) is 28.7 Å². The molecule has 0 heterocycles. The van der Waals surface area contributed by atoms with Gasteiger partial charge >= 0.3 is 0 Å². The van der Waals surface area contributed by atoms with Gasteiger partial charge in [0.05, 0.1) is 27.7 Å². The Hall–Kier alpha value is -5.41. The van der Waals surface area contributed by atoms with Crippen LogP contribution in [0.25, 0.3) is 10.8 Å². The molecule has 9 heteroatoms. The van der Waals surface area contributed by atoms with E-state index in [0.717, 1.165) is 30.5 Å². The summed E-state index contributed by atoms with van der Waals surface area (Å²) in [6, 6.07) is 8.26. The van der Waals surface area contributed by atoms with Crippen LogP contribution < -0.4 is 0 Å². The quantitative estimate of drug-likeness (QED) is 0.0952. The number of hydrogen-bond donors (Lipinski definition) is 6. The highest BCUT2D eigenvalue weighted by Gasteiger charge is 2.48. The fourth-order valence-corrected chi connectivity index (χ4v) is 7.68. The van der Waals surface area contributed by atoms with Crippen LogP contribution in [0.1, 0.15) is 124 Å². The average Bonchev–Trinajstić information content (AvgIpc) is 2.99. The van der Waals surface area contributed by atoms with Crippen LogP contribution in [0, 0.1) is 6.92 Å². The minimum atomic E-state index is -1.84. The zero-order valence-corrected chi connectivity index (χ0v) is 28.6. The fraction of sp³-hybridized carbons (Fsp3) is 0.293. The average molecular weight is 677 g/mol. The number of aromatic hydroxyl groups is 5. The number of aryl methyl sites for hydroxylation is 2. The third-order valence-electron chi connectivity index (χ3n) is 9.90. The van der Waals surface area contributed by atoms with Gasteiger partial charge in [-0.15, -0.1) is 0 Å². The Morgan fingerprint density at radius 3 is 2.20 bits per heavy atom. The van der Waals surface area contributed by atoms with E-state index in [9.17, 15) is 45.0 Å². The van der Waals surface area contributed by atoms with Gasteiger partial charge in [0.15, 0.2) is 11.6 Å². The Bertz CT molecular complexity index is 2210. The van der Waals surface area contributed by atoms with Gasteiger partial charge < -0.3 is 30.6 Å². The molecule has 4 aromatic rings. The van der Waals surface area contributed by atoms with Gasteiger partial charge in [0, 0.05) is 29.5 Å². The standard InChI is InChI=1S/C41H40O9/c1-19(2)8-6-9-20(3)10-7-11-22-13-23-15-25-33(39(48)32(23)28(44)14-22)30(46)18-41(5,50)37(25)31-21(4)12-27(43)35-36(31)38(47)26-16-24(42)17-29(45)34(26)40(35)49/h8,10,12-17,37,42-45,48,50H,6-7,9,11,18H2,1-5H3/b20-10+/t37-,41-/m0/s1. The number of phenols is 5. The van der Waals surface area contributed by atoms with Crippen LogP contribution in [0.5, 0.6) is 28.7 Å². The largest absolute Gasteiger partial charge is 0.508 e. The molecule has 6 N–H and O–H groups in total. The molecule has 258 valence electrons. The van der Waals surface area contributed by atoms with E-state index in [0.29, 0.717) is 23.8 Å². The third-order valence-corrected chi connectivity index (χ3v) is 9.90. The van der Waals surface area contributed by atoms with Gasteiger partial charge in [-0.05, 0) is 112 Å². The first-order valence-electron chi connectivity index (χ1n) is 16.6. The number of rotatable bonds is 7. The molecular weight excluding hydrogens is 636 g/mol. The summed E-state index contributed by atoms with van der Waals surface area (Å²) in [7, 11) is 0. The van der Waals surface area contributed by atoms with E-state index in [-0.39, 0.29) is 50.1 Å². The second kappa shape index (κ2) is 12.5. The molecule has 2 aliphatic rings. The fourth-order valence-electron chi connectivity index (χ4n) is 7.68. The number of phenolic OH excluding ortho intramolecular Hbond substituents is 5. The minimum Gasteiger partial charge on any atom is -0.508 e. The van der Waals surface area contributed by atoms with Gasteiger partial charge in [0.1, 0.15) is 28.7 Å². The minimum absolute atomic E-state index is 0.0742. The Kier molecular flexibility index (Phi) is 8.60. The number of carbonyl (C=O) groups is 3. The summed E-state index contributed by atoms with van der Waals surface area (Å²) in [5.41, 5.74) is 0.716. The van der Waals surface area contributed by atoms with E-state index in [4.69, 9.17) is 0 Å². The molecule has 0 spiro atoms. The lowest BCUT2D eigenvalue weighted by molar-refractivity contribution is 0.0272. The molecule has 9 nitrogen and oxygen atoms in total. The van der Waals surface area contributed by atoms with Crippen LogP contribution in [0.15, 0.2) is 59.7 Å². The monoisotopic (exact) mass is 676 g/mol. The van der Waals surface area contributed by atoms with Crippen molar-refractivity contribution in [2.75, 3.05) is 0 Å². The highest BCUT2D eigenvalue weighted by Crippen LogP contribution is 2.53. The zero-order chi connectivity index (χ0) is 36.4. The van der Waals surface area contributed by atoms with E-state index >= 15 is 0 Å². The maximum Gasteiger partial charge on any atom is 0.201 e. The van der Waals surface area contributed by atoms with Gasteiger partial charge in [0.25, 0.3) is 0 Å². The summed E-state index contributed by atoms with van der Waals surface area (Å²) in [6.45, 7) is 9.24. The number of Topliss-reactive ketones (excluding diaryl/α,β-unsaturated/α-hetero) is 1. The first kappa shape index (κ1) is 34.5. The lowest BCUT2D eigenvalue weighted by Crippen LogP contribution is -2.42. The first-order valence-corrected chi connectivity index (χ1v) is 16.6. The van der Waals surface area contributed by atoms with Gasteiger partial charge in [-0.2, -0.15) is 0 Å². The molecule has 50 heavy (non-hydrogen) atoms. The normalized spacial score (nSPS) is 18.6. The summed E-state index contributed by atoms with van der Waals surface area (Å²) >= 11 is 0. The summed E-state index contributed by atoms with van der Waals surface area (Å²) in [5, 5.41) is 66.9. The van der Waals surface area contributed by atoms with Crippen LogP contribution in [-0.4, -0.2) is 53.6 Å². The molecule has 0 saturated carbocycles. The summed E-state index contributed by atoms with van der Waals surface area (Å²) in [5.74, 6) is -5.64. The van der Waals surface area contributed by atoms with Crippen molar-refractivity contribution in [1.82, 2.24) is 0 Å². The first-order chi connectivity index (χ1) is 23.5. The lowest BCUT2D eigenvalue weighted by Gasteiger charge is -2.40. The summed E-state index contributed by atoms with van der Waals surface area (Å²) in [4.78, 5) is 41.6. The second-order valence-corrected chi connectivity index (χ2v) is 14.1. The number of ketones is 3. The molecule has 4 aromatic carbocycles. The van der Waals surface area contributed by atoms with Gasteiger partial charge in [-0.1, -0.05) is 29.4 Å². The predicted octanol–water partition coefficient (Wildman–Crippen LogP) is 7.55. The Morgan fingerprint density at radius 1 is 0.800 bits per heavy atom. The molecule has 2 aliphatic carbocycles. The molecule has 0 aromatic heterocycles. The highest BCUT2D eigenvalue weighted by atomic mass is 16.3. The second-order valence-electron chi connectivity index (χ2n) is 14.1. The van der Waals surface area contributed by atoms with E-state index in [2.05, 4.69) is 32.9 Å². The molecule has 2 atom stereocenters. The number of benzene rings is 4. The third kappa shape index (κ3) is 5.71. The molecule has 0 aliphatic heterocycles. The smallest absolute Gasteiger partial charge is 0.201 e. The van der Waals surface area contributed by atoms with Crippen LogP contribution >= 0.6 is 0 Å². The Morgan fingerprint density at radius 2 is 1.50 bits per heavy atom. The molecular formula is C41H40O9. The Labute approximate surface area is 289 Å². The van der Waals surface area contributed by atoms with Gasteiger partial charge in [-0.3, -0.25) is 14.4 Å². The SMILES string of the molecule is CC(C)=CCC/C(C)=C/CCc1cc(O)c2c(O)c3c(cc2c1)[C@@H](c1c(C)cc(O)c2c1C(=O)c1cc(O)cc(O)c1C2=O)[C@@](C)(O)CC3=O. The number of hydrogen-bond acceptors (Lipinski definition) is 9. The highest BCUT2D eigenvalue weighted by molar-refractivity contribution is 6.31. The van der Waals surface area contributed by atoms with Crippen LogP contribution in [0.4, 0.5) is 0 Å². The number of allylic oxidation sites excluding steroid dienone is 4. The van der Waals surface area contributed by atoms with Crippen molar-refractivity contribution in [2.24, 2.45) is 0 Å². The van der Waals surface area contributed by atoms with Crippen LogP contribution in [0.2, 0.25) is 0 Å². The predicted molar refractivity (Wildman–Crippen MR) is 189 cm³/mol. The lowest BCUT2D eigenvalue weighted by atomic mass is 9.65. The topological polar surface area (TPSA) is 173 Å². The maximum atomic E-state index is 14.2. The number of aliphatic hydroxyl groups is 1. The summed E-state index contributed by atoms with van der Waals surface area (Å²) in [6.07, 6.45) is 7.07. The van der Waals surface area contributed by atoms with E-state index < -0.39 is 58.3 Å². The summed E-state index contributed by atoms with van der Waals surface area (Å²) < 4.78 is 0. The Balaban J connectivity index is 1.52. The molecule has 6 rings (SSSR count). The number of fused-ring (bicyclic) bond motifs is 4. The van der Waals surface area contributed by atoms with Gasteiger partial charge in [-0.25, -0.2) is 0 Å². The van der Waals surface area contributed by atoms with Gasteiger partial charge in [0.2, 0.25) is 5.78 Å². The molecule has 0 saturated heterocycles. The van der Waals surface area contributed by atoms with Crippen molar-refractivity contribution < 1.29 is 45.0 Å². The molecule has 0 bridgehead atoms. The van der Waals surface area contributed by atoms with Crippen LogP contribution in [-0.2, 0) is 6.42 Å². The zero-order valence-electron chi connectivity index (χ0n) is 28.6. The molecule has 0 amide bonds. The van der Waals surface area contributed by atoms with Crippen molar-refractivity contribution in [3.63, 3.8) is 0 Å². The molecule has 0 radical (unpaired) electrons. The molecule has 0 unspecified atom stereocenters. The number of carbonyl (C=O) groups excluding carboxylic acids is 3. The van der Waals surface area contributed by atoms with Crippen molar-refractivity contribution in [3.05, 3.63) is 110 Å².